The third-order valence-corrected chi connectivity index (χ3v) is 1.60. The molecule has 0 fully saturated rings. The Morgan fingerprint density at radius 1 is 1.20 bits per heavy atom. The predicted molar refractivity (Wildman–Crippen MR) is 45.3 cm³/mol. The number of rotatable bonds is 1. The van der Waals surface area contributed by atoms with Crippen molar-refractivity contribution in [3.8, 4) is 0 Å². The zero-order valence-electron chi connectivity index (χ0n) is 6.46. The van der Waals surface area contributed by atoms with Crippen LogP contribution in [0.4, 0.5) is 0 Å². The van der Waals surface area contributed by atoms with E-state index in [9.17, 15) is 0 Å². The summed E-state index contributed by atoms with van der Waals surface area (Å²) in [5, 5.41) is 0. The van der Waals surface area contributed by atoms with Crippen LogP contribution in [0.3, 0.4) is 0 Å². The smallest absolute Gasteiger partial charge is 0.0665 e. The van der Waals surface area contributed by atoms with Gasteiger partial charge in [0.25, 0.3) is 0 Å². The van der Waals surface area contributed by atoms with Crippen molar-refractivity contribution in [2.24, 2.45) is 0 Å². The molecule has 1 rings (SSSR count). The Kier molecular flexibility index (Phi) is 2.15. The molecule has 0 nitrogen and oxygen atoms in total. The lowest BCUT2D eigenvalue weighted by atomic mass is 9.83. The van der Waals surface area contributed by atoms with Crippen molar-refractivity contribution < 1.29 is 0 Å². The number of hydrogen-bond acceptors (Lipinski definition) is 0. The van der Waals surface area contributed by atoms with E-state index < -0.39 is 0 Å². The first kappa shape index (κ1) is 7.39. The molecule has 1 heteroatoms. The first-order chi connectivity index (χ1) is 4.70. The zero-order valence-corrected chi connectivity index (χ0v) is 6.46. The van der Waals surface area contributed by atoms with E-state index in [0.29, 0.717) is 0 Å². The molecule has 1 aromatic carbocycles. The van der Waals surface area contributed by atoms with Crippen molar-refractivity contribution in [3.05, 3.63) is 35.4 Å². The fourth-order valence-corrected chi connectivity index (χ4v) is 0.870. The van der Waals surface area contributed by atoms with E-state index in [-0.39, 0.29) is 5.82 Å². The SMILES string of the molecule is [B]C(C)c1ccc(C)cc1. The summed E-state index contributed by atoms with van der Waals surface area (Å²) in [5.41, 5.74) is 2.48. The molecule has 0 saturated carbocycles. The predicted octanol–water partition coefficient (Wildman–Crippen LogP) is 2.22. The highest BCUT2D eigenvalue weighted by atomic mass is 14.0. The van der Waals surface area contributed by atoms with Gasteiger partial charge in [0.05, 0.1) is 7.85 Å². The monoisotopic (exact) mass is 130 g/mol. The van der Waals surface area contributed by atoms with Gasteiger partial charge in [-0.15, -0.1) is 0 Å². The Hall–Kier alpha value is -0.715. The molecule has 10 heavy (non-hydrogen) atoms. The van der Waals surface area contributed by atoms with Gasteiger partial charge in [0.2, 0.25) is 0 Å². The van der Waals surface area contributed by atoms with E-state index >= 15 is 0 Å². The maximum Gasteiger partial charge on any atom is 0.0759 e. The first-order valence-electron chi connectivity index (χ1n) is 3.52. The van der Waals surface area contributed by atoms with Gasteiger partial charge in [0, 0.05) is 0 Å². The van der Waals surface area contributed by atoms with Crippen LogP contribution in [-0.4, -0.2) is 7.85 Å². The van der Waals surface area contributed by atoms with Gasteiger partial charge in [-0.05, 0) is 6.92 Å². The quantitative estimate of drug-likeness (QED) is 0.511. The molecule has 1 atom stereocenters. The van der Waals surface area contributed by atoms with Crippen LogP contribution >= 0.6 is 0 Å². The highest BCUT2D eigenvalue weighted by Crippen LogP contribution is 2.11. The van der Waals surface area contributed by atoms with Crippen LogP contribution in [0, 0.1) is 6.92 Å². The van der Waals surface area contributed by atoms with Crippen LogP contribution in [-0.2, 0) is 0 Å². The van der Waals surface area contributed by atoms with Crippen molar-refractivity contribution in [3.63, 3.8) is 0 Å². The highest BCUT2D eigenvalue weighted by Gasteiger charge is 1.95. The molecule has 1 aromatic rings. The molecule has 0 N–H and O–H groups in total. The normalized spacial score (nSPS) is 13.0. The first-order valence-corrected chi connectivity index (χ1v) is 3.52. The Morgan fingerprint density at radius 2 is 1.70 bits per heavy atom. The third kappa shape index (κ3) is 1.63. The van der Waals surface area contributed by atoms with Crippen LogP contribution < -0.4 is 0 Å². The summed E-state index contributed by atoms with van der Waals surface area (Å²) in [7, 11) is 5.66. The fourth-order valence-electron chi connectivity index (χ4n) is 0.870. The minimum Gasteiger partial charge on any atom is -0.0665 e. The highest BCUT2D eigenvalue weighted by molar-refractivity contribution is 6.12. The van der Waals surface area contributed by atoms with Crippen LogP contribution in [0.25, 0.3) is 0 Å². The van der Waals surface area contributed by atoms with E-state index in [2.05, 4.69) is 31.2 Å². The van der Waals surface area contributed by atoms with Gasteiger partial charge in [0.1, 0.15) is 0 Å². The van der Waals surface area contributed by atoms with Crippen molar-refractivity contribution in [2.75, 3.05) is 0 Å². The second kappa shape index (κ2) is 2.91. The minimum atomic E-state index is 0.153. The average Bonchev–Trinajstić information content (AvgIpc) is 1.88. The molecule has 0 heterocycles. The van der Waals surface area contributed by atoms with Crippen molar-refractivity contribution in [2.45, 2.75) is 19.7 Å². The molecule has 0 bridgehead atoms. The second-order valence-electron chi connectivity index (χ2n) is 2.70. The molecule has 0 spiro atoms. The van der Waals surface area contributed by atoms with E-state index in [1.807, 2.05) is 6.92 Å². The van der Waals surface area contributed by atoms with Gasteiger partial charge in [0.15, 0.2) is 0 Å². The topological polar surface area (TPSA) is 0 Å². The van der Waals surface area contributed by atoms with Gasteiger partial charge >= 0.3 is 0 Å². The summed E-state index contributed by atoms with van der Waals surface area (Å²) in [6, 6.07) is 8.30. The summed E-state index contributed by atoms with van der Waals surface area (Å²) in [6.45, 7) is 4.07. The van der Waals surface area contributed by atoms with Gasteiger partial charge in [-0.3, -0.25) is 0 Å². The lowest BCUT2D eigenvalue weighted by molar-refractivity contribution is 1.08. The fraction of sp³-hybridized carbons (Fsp3) is 0.333. The summed E-state index contributed by atoms with van der Waals surface area (Å²) in [5.74, 6) is 0.153. The van der Waals surface area contributed by atoms with Crippen LogP contribution in [0.1, 0.15) is 23.9 Å². The molecule has 0 saturated heterocycles. The van der Waals surface area contributed by atoms with Crippen LogP contribution in [0.5, 0.6) is 0 Å². The largest absolute Gasteiger partial charge is 0.0759 e. The second-order valence-corrected chi connectivity index (χ2v) is 2.70. The molecular formula is C9H11B. The molecule has 2 radical (unpaired) electrons. The van der Waals surface area contributed by atoms with E-state index in [4.69, 9.17) is 7.85 Å². The van der Waals surface area contributed by atoms with E-state index in [1.165, 1.54) is 11.1 Å². The Bertz CT molecular complexity index is 198. The molecule has 0 aliphatic heterocycles. The van der Waals surface area contributed by atoms with Crippen molar-refractivity contribution in [1.82, 2.24) is 0 Å². The molecular weight excluding hydrogens is 119 g/mol. The summed E-state index contributed by atoms with van der Waals surface area (Å²) < 4.78 is 0. The van der Waals surface area contributed by atoms with Gasteiger partial charge in [-0.2, -0.15) is 0 Å². The molecule has 0 aliphatic carbocycles. The molecule has 0 aliphatic rings. The van der Waals surface area contributed by atoms with Gasteiger partial charge in [-0.25, -0.2) is 0 Å². The summed E-state index contributed by atoms with van der Waals surface area (Å²) in [4.78, 5) is 0. The summed E-state index contributed by atoms with van der Waals surface area (Å²) >= 11 is 0. The Morgan fingerprint density at radius 3 is 2.10 bits per heavy atom. The Balaban J connectivity index is 2.89. The standard InChI is InChI=1S/C9H11B/c1-7-3-5-9(6-4-7)8(2)10/h3-6,8H,1-2H3. The molecule has 1 unspecified atom stereocenters. The number of aryl methyl sites for hydroxylation is 1. The maximum atomic E-state index is 5.66. The van der Waals surface area contributed by atoms with E-state index in [0.717, 1.165) is 0 Å². The third-order valence-electron chi connectivity index (χ3n) is 1.60. The zero-order chi connectivity index (χ0) is 7.56. The Labute approximate surface area is 63.7 Å². The van der Waals surface area contributed by atoms with Crippen molar-refractivity contribution in [1.29, 1.82) is 0 Å². The number of hydrogen-bond donors (Lipinski definition) is 0. The van der Waals surface area contributed by atoms with Crippen LogP contribution in [0.15, 0.2) is 24.3 Å². The number of benzene rings is 1. The van der Waals surface area contributed by atoms with Gasteiger partial charge < -0.3 is 0 Å². The lowest BCUT2D eigenvalue weighted by Crippen LogP contribution is -1.90. The molecule has 0 aromatic heterocycles. The summed E-state index contributed by atoms with van der Waals surface area (Å²) in [6.07, 6.45) is 0. The minimum absolute atomic E-state index is 0.153. The molecule has 50 valence electrons. The van der Waals surface area contributed by atoms with Gasteiger partial charge in [-0.1, -0.05) is 48.1 Å². The van der Waals surface area contributed by atoms with Crippen LogP contribution in [0.2, 0.25) is 0 Å². The average molecular weight is 130 g/mol. The van der Waals surface area contributed by atoms with E-state index in [1.54, 1.807) is 0 Å². The molecule has 0 amide bonds. The lowest BCUT2D eigenvalue weighted by Gasteiger charge is -2.03. The van der Waals surface area contributed by atoms with Crippen molar-refractivity contribution >= 4 is 7.85 Å². The maximum absolute atomic E-state index is 5.66.